The van der Waals surface area contributed by atoms with E-state index >= 15 is 0 Å². The van der Waals surface area contributed by atoms with E-state index < -0.39 is 0 Å². The lowest BCUT2D eigenvalue weighted by Gasteiger charge is -1.92. The molecule has 1 aromatic carbocycles. The lowest BCUT2D eigenvalue weighted by atomic mass is 10.2. The molecule has 0 saturated carbocycles. The van der Waals surface area contributed by atoms with Crippen LogP contribution < -0.4 is 0 Å². The summed E-state index contributed by atoms with van der Waals surface area (Å²) in [7, 11) is 1.62. The van der Waals surface area contributed by atoms with Crippen LogP contribution in [0.3, 0.4) is 0 Å². The van der Waals surface area contributed by atoms with Gasteiger partial charge in [-0.05, 0) is 17.7 Å². The lowest BCUT2D eigenvalue weighted by molar-refractivity contribution is 0.234. The summed E-state index contributed by atoms with van der Waals surface area (Å²) >= 11 is 0. The van der Waals surface area contributed by atoms with Crippen molar-refractivity contribution in [1.82, 2.24) is 0 Å². The quantitative estimate of drug-likeness (QED) is 0.670. The Bertz CT molecular complexity index is 268. The van der Waals surface area contributed by atoms with E-state index in [0.29, 0.717) is 6.61 Å². The predicted molar refractivity (Wildman–Crippen MR) is 47.3 cm³/mol. The van der Waals surface area contributed by atoms with Crippen LogP contribution in [0.2, 0.25) is 0 Å². The second-order valence-electron chi connectivity index (χ2n) is 2.41. The molecular weight excluding hydrogens is 155 g/mol. The molecule has 0 fully saturated rings. The average Bonchev–Trinajstić information content (AvgIpc) is 2.05. The van der Waals surface area contributed by atoms with E-state index in [4.69, 9.17) is 4.74 Å². The average molecular weight is 166 g/mol. The maximum absolute atomic E-state index is 12.6. The van der Waals surface area contributed by atoms with E-state index in [-0.39, 0.29) is 5.82 Å². The van der Waals surface area contributed by atoms with Gasteiger partial charge in [0, 0.05) is 7.11 Å². The largest absolute Gasteiger partial charge is 0.381 e. The summed E-state index contributed by atoms with van der Waals surface area (Å²) in [6.07, 6.45) is 3.67. The monoisotopic (exact) mass is 166 g/mol. The highest BCUT2D eigenvalue weighted by Gasteiger charge is 1.88. The fraction of sp³-hybridized carbons (Fsp3) is 0.200. The first-order chi connectivity index (χ1) is 5.83. The van der Waals surface area contributed by atoms with Gasteiger partial charge in [-0.25, -0.2) is 4.39 Å². The van der Waals surface area contributed by atoms with Gasteiger partial charge in [0.15, 0.2) is 0 Å². The summed E-state index contributed by atoms with van der Waals surface area (Å²) < 4.78 is 17.4. The van der Waals surface area contributed by atoms with Gasteiger partial charge < -0.3 is 4.74 Å². The third kappa shape index (κ3) is 2.84. The fourth-order valence-corrected chi connectivity index (χ4v) is 0.891. The number of benzene rings is 1. The van der Waals surface area contributed by atoms with Crippen molar-refractivity contribution in [3.05, 3.63) is 41.7 Å². The van der Waals surface area contributed by atoms with Crippen molar-refractivity contribution in [3.8, 4) is 0 Å². The Labute approximate surface area is 71.5 Å². The standard InChI is InChI=1S/C10H11FO/c1-12-7-3-5-9-4-2-6-10(11)8-9/h2-6,8H,7H2,1H3/b5-3+. The zero-order chi connectivity index (χ0) is 8.81. The summed E-state index contributed by atoms with van der Waals surface area (Å²) in [5.74, 6) is -0.213. The Kier molecular flexibility index (Phi) is 3.48. The summed E-state index contributed by atoms with van der Waals surface area (Å²) in [5.41, 5.74) is 0.854. The van der Waals surface area contributed by atoms with E-state index in [1.165, 1.54) is 12.1 Å². The minimum atomic E-state index is -0.213. The van der Waals surface area contributed by atoms with Gasteiger partial charge >= 0.3 is 0 Å². The Morgan fingerprint density at radius 1 is 1.50 bits per heavy atom. The molecule has 2 heteroatoms. The molecule has 0 spiro atoms. The Morgan fingerprint density at radius 2 is 2.33 bits per heavy atom. The lowest BCUT2D eigenvalue weighted by Crippen LogP contribution is -1.81. The van der Waals surface area contributed by atoms with Gasteiger partial charge in [-0.15, -0.1) is 0 Å². The molecule has 64 valence electrons. The van der Waals surface area contributed by atoms with Crippen LogP contribution in [-0.4, -0.2) is 13.7 Å². The van der Waals surface area contributed by atoms with Crippen molar-refractivity contribution in [2.75, 3.05) is 13.7 Å². The molecule has 0 aliphatic heterocycles. The molecule has 0 saturated heterocycles. The minimum Gasteiger partial charge on any atom is -0.381 e. The fourth-order valence-electron chi connectivity index (χ4n) is 0.891. The third-order valence-electron chi connectivity index (χ3n) is 1.42. The third-order valence-corrected chi connectivity index (χ3v) is 1.42. The van der Waals surface area contributed by atoms with E-state index in [2.05, 4.69) is 0 Å². The predicted octanol–water partition coefficient (Wildman–Crippen LogP) is 2.49. The molecule has 12 heavy (non-hydrogen) atoms. The number of ether oxygens (including phenoxy) is 1. The molecular formula is C10H11FO. The van der Waals surface area contributed by atoms with Crippen molar-refractivity contribution >= 4 is 6.08 Å². The maximum atomic E-state index is 12.6. The van der Waals surface area contributed by atoms with Crippen LogP contribution in [0.5, 0.6) is 0 Å². The SMILES string of the molecule is COC/C=C/c1cccc(F)c1. The van der Waals surface area contributed by atoms with Gasteiger partial charge in [-0.1, -0.05) is 24.3 Å². The molecule has 1 nitrogen and oxygen atoms in total. The summed E-state index contributed by atoms with van der Waals surface area (Å²) in [4.78, 5) is 0. The van der Waals surface area contributed by atoms with Gasteiger partial charge in [-0.2, -0.15) is 0 Å². The van der Waals surface area contributed by atoms with Crippen molar-refractivity contribution in [3.63, 3.8) is 0 Å². The van der Waals surface area contributed by atoms with Crippen LogP contribution >= 0.6 is 0 Å². The highest BCUT2D eigenvalue weighted by atomic mass is 19.1. The highest BCUT2D eigenvalue weighted by Crippen LogP contribution is 2.04. The first-order valence-corrected chi connectivity index (χ1v) is 3.74. The van der Waals surface area contributed by atoms with Crippen molar-refractivity contribution in [2.45, 2.75) is 0 Å². The number of rotatable bonds is 3. The van der Waals surface area contributed by atoms with Crippen LogP contribution in [-0.2, 0) is 4.74 Å². The van der Waals surface area contributed by atoms with Crippen LogP contribution in [0, 0.1) is 5.82 Å². The maximum Gasteiger partial charge on any atom is 0.123 e. The zero-order valence-corrected chi connectivity index (χ0v) is 6.96. The minimum absolute atomic E-state index is 0.213. The molecule has 0 unspecified atom stereocenters. The van der Waals surface area contributed by atoms with Gasteiger partial charge in [0.1, 0.15) is 5.82 Å². The molecule has 0 bridgehead atoms. The molecule has 0 atom stereocenters. The smallest absolute Gasteiger partial charge is 0.123 e. The Hall–Kier alpha value is -1.15. The van der Waals surface area contributed by atoms with Crippen LogP contribution in [0.1, 0.15) is 5.56 Å². The summed E-state index contributed by atoms with van der Waals surface area (Å²) in [6, 6.07) is 6.43. The molecule has 0 aromatic heterocycles. The van der Waals surface area contributed by atoms with E-state index in [1.807, 2.05) is 18.2 Å². The molecule has 0 amide bonds. The number of hydrogen-bond acceptors (Lipinski definition) is 1. The van der Waals surface area contributed by atoms with Gasteiger partial charge in [0.25, 0.3) is 0 Å². The first kappa shape index (κ1) is 8.94. The first-order valence-electron chi connectivity index (χ1n) is 3.74. The molecule has 1 rings (SSSR count). The van der Waals surface area contributed by atoms with Crippen molar-refractivity contribution < 1.29 is 9.13 Å². The Balaban J connectivity index is 2.63. The summed E-state index contributed by atoms with van der Waals surface area (Å²) in [6.45, 7) is 0.552. The topological polar surface area (TPSA) is 9.23 Å². The Morgan fingerprint density at radius 3 is 3.00 bits per heavy atom. The number of hydrogen-bond donors (Lipinski definition) is 0. The molecule has 0 aliphatic carbocycles. The van der Waals surface area contributed by atoms with Crippen molar-refractivity contribution in [2.24, 2.45) is 0 Å². The van der Waals surface area contributed by atoms with E-state index in [9.17, 15) is 4.39 Å². The van der Waals surface area contributed by atoms with E-state index in [0.717, 1.165) is 5.56 Å². The normalized spacial score (nSPS) is 10.8. The molecule has 0 aliphatic rings. The molecule has 0 heterocycles. The second kappa shape index (κ2) is 4.67. The van der Waals surface area contributed by atoms with Gasteiger partial charge in [0.2, 0.25) is 0 Å². The second-order valence-corrected chi connectivity index (χ2v) is 2.41. The summed E-state index contributed by atoms with van der Waals surface area (Å²) in [5, 5.41) is 0. The van der Waals surface area contributed by atoms with E-state index in [1.54, 1.807) is 13.2 Å². The van der Waals surface area contributed by atoms with Crippen molar-refractivity contribution in [1.29, 1.82) is 0 Å². The van der Waals surface area contributed by atoms with Gasteiger partial charge in [-0.3, -0.25) is 0 Å². The molecule has 0 radical (unpaired) electrons. The molecule has 1 aromatic rings. The highest BCUT2D eigenvalue weighted by molar-refractivity contribution is 5.48. The number of halogens is 1. The molecule has 0 N–H and O–H groups in total. The van der Waals surface area contributed by atoms with Crippen LogP contribution in [0.4, 0.5) is 4.39 Å². The zero-order valence-electron chi connectivity index (χ0n) is 6.96. The number of methoxy groups -OCH3 is 1. The van der Waals surface area contributed by atoms with Crippen LogP contribution in [0.15, 0.2) is 30.3 Å². The van der Waals surface area contributed by atoms with Gasteiger partial charge in [0.05, 0.1) is 6.61 Å². The van der Waals surface area contributed by atoms with Crippen LogP contribution in [0.25, 0.3) is 6.08 Å².